The van der Waals surface area contributed by atoms with E-state index in [0.29, 0.717) is 23.2 Å². The van der Waals surface area contributed by atoms with Crippen molar-refractivity contribution in [3.8, 4) is 17.2 Å². The zero-order valence-corrected chi connectivity index (χ0v) is 16.6. The first-order valence-corrected chi connectivity index (χ1v) is 9.31. The molecule has 0 aromatic heterocycles. The Bertz CT molecular complexity index is 610. The van der Waals surface area contributed by atoms with E-state index in [-0.39, 0.29) is 11.7 Å². The molecule has 1 aliphatic carbocycles. The SMILES string of the molecule is CN1CCC2C(O)CCCC2C1.COc1cc(C(=O)O)cc(OC)c1OC. The molecule has 7 nitrogen and oxygen atoms in total. The van der Waals surface area contributed by atoms with Crippen molar-refractivity contribution in [3.63, 3.8) is 0 Å². The molecule has 1 saturated carbocycles. The van der Waals surface area contributed by atoms with Gasteiger partial charge in [-0.1, -0.05) is 6.42 Å². The monoisotopic (exact) mass is 381 g/mol. The van der Waals surface area contributed by atoms with Crippen LogP contribution in [0, 0.1) is 11.8 Å². The van der Waals surface area contributed by atoms with Gasteiger partial charge >= 0.3 is 5.97 Å². The summed E-state index contributed by atoms with van der Waals surface area (Å²) in [6.07, 6.45) is 4.84. The molecule has 152 valence electrons. The molecule has 2 fully saturated rings. The zero-order valence-electron chi connectivity index (χ0n) is 16.6. The topological polar surface area (TPSA) is 88.5 Å². The summed E-state index contributed by atoms with van der Waals surface area (Å²) in [6, 6.07) is 2.76. The number of hydrogen-bond donors (Lipinski definition) is 2. The van der Waals surface area contributed by atoms with Gasteiger partial charge in [0.25, 0.3) is 0 Å². The number of hydrogen-bond acceptors (Lipinski definition) is 6. The molecular formula is C20H31NO6. The number of rotatable bonds is 4. The number of benzene rings is 1. The fraction of sp³-hybridized carbons (Fsp3) is 0.650. The van der Waals surface area contributed by atoms with Gasteiger partial charge in [0.15, 0.2) is 11.5 Å². The molecule has 27 heavy (non-hydrogen) atoms. The first-order chi connectivity index (χ1) is 12.9. The van der Waals surface area contributed by atoms with Crippen molar-refractivity contribution in [2.75, 3.05) is 41.5 Å². The van der Waals surface area contributed by atoms with E-state index in [9.17, 15) is 9.90 Å². The van der Waals surface area contributed by atoms with Crippen molar-refractivity contribution in [2.24, 2.45) is 11.8 Å². The van der Waals surface area contributed by atoms with Gasteiger partial charge in [0.05, 0.1) is 33.0 Å². The van der Waals surface area contributed by atoms with Crippen LogP contribution in [-0.2, 0) is 0 Å². The fourth-order valence-electron chi connectivity index (χ4n) is 4.05. The first-order valence-electron chi connectivity index (χ1n) is 9.31. The predicted octanol–water partition coefficient (Wildman–Crippen LogP) is 2.51. The molecular weight excluding hydrogens is 350 g/mol. The van der Waals surface area contributed by atoms with E-state index >= 15 is 0 Å². The molecule has 0 spiro atoms. The summed E-state index contributed by atoms with van der Waals surface area (Å²) in [5.74, 6) is 1.39. The molecule has 1 saturated heterocycles. The van der Waals surface area contributed by atoms with Gasteiger partial charge in [0.1, 0.15) is 0 Å². The van der Waals surface area contributed by atoms with Gasteiger partial charge in [-0.2, -0.15) is 0 Å². The number of carboxylic acid groups (broad SMARTS) is 1. The summed E-state index contributed by atoms with van der Waals surface area (Å²) in [5.41, 5.74) is 0.0875. The van der Waals surface area contributed by atoms with Gasteiger partial charge in [-0.25, -0.2) is 4.79 Å². The van der Waals surface area contributed by atoms with E-state index in [1.807, 2.05) is 0 Å². The number of methoxy groups -OCH3 is 3. The van der Waals surface area contributed by atoms with E-state index in [1.165, 1.54) is 65.8 Å². The molecule has 3 atom stereocenters. The Morgan fingerprint density at radius 3 is 2.22 bits per heavy atom. The number of ether oxygens (including phenoxy) is 3. The van der Waals surface area contributed by atoms with Crippen LogP contribution in [0.5, 0.6) is 17.2 Å². The normalized spacial score (nSPS) is 24.9. The quantitative estimate of drug-likeness (QED) is 0.828. The van der Waals surface area contributed by atoms with Crippen molar-refractivity contribution in [3.05, 3.63) is 17.7 Å². The number of carbonyl (C=O) groups is 1. The summed E-state index contributed by atoms with van der Waals surface area (Å²) in [7, 11) is 6.52. The molecule has 1 aromatic rings. The molecule has 0 radical (unpaired) electrons. The molecule has 3 rings (SSSR count). The summed E-state index contributed by atoms with van der Waals surface area (Å²) >= 11 is 0. The highest BCUT2D eigenvalue weighted by Crippen LogP contribution is 2.38. The molecule has 1 aliphatic heterocycles. The third kappa shape index (κ3) is 5.26. The number of aromatic carboxylic acids is 1. The Hall–Kier alpha value is -1.99. The highest BCUT2D eigenvalue weighted by Gasteiger charge is 2.35. The smallest absolute Gasteiger partial charge is 0.335 e. The number of nitrogens with zero attached hydrogens (tertiary/aromatic N) is 1. The zero-order chi connectivity index (χ0) is 20.0. The number of carboxylic acids is 1. The lowest BCUT2D eigenvalue weighted by molar-refractivity contribution is -0.00888. The van der Waals surface area contributed by atoms with Crippen molar-refractivity contribution in [1.82, 2.24) is 4.90 Å². The van der Waals surface area contributed by atoms with Crippen molar-refractivity contribution in [2.45, 2.75) is 31.8 Å². The molecule has 7 heteroatoms. The molecule has 2 aliphatic rings. The second-order valence-electron chi connectivity index (χ2n) is 7.19. The largest absolute Gasteiger partial charge is 0.493 e. The maximum absolute atomic E-state index is 10.8. The molecule has 2 N–H and O–H groups in total. The average molecular weight is 381 g/mol. The minimum atomic E-state index is -1.05. The van der Waals surface area contributed by atoms with Crippen LogP contribution >= 0.6 is 0 Å². The highest BCUT2D eigenvalue weighted by atomic mass is 16.5. The van der Waals surface area contributed by atoms with Gasteiger partial charge in [0, 0.05) is 6.54 Å². The van der Waals surface area contributed by atoms with Crippen LogP contribution in [0.2, 0.25) is 0 Å². The van der Waals surface area contributed by atoms with Gasteiger partial charge in [-0.3, -0.25) is 0 Å². The Labute approximate surface area is 160 Å². The molecule has 1 heterocycles. The van der Waals surface area contributed by atoms with Gasteiger partial charge in [-0.15, -0.1) is 0 Å². The number of fused-ring (bicyclic) bond motifs is 1. The van der Waals surface area contributed by atoms with E-state index in [2.05, 4.69) is 11.9 Å². The summed E-state index contributed by atoms with van der Waals surface area (Å²) in [6.45, 7) is 2.39. The summed E-state index contributed by atoms with van der Waals surface area (Å²) in [5, 5.41) is 18.6. The van der Waals surface area contributed by atoms with Gasteiger partial charge < -0.3 is 29.3 Å². The average Bonchev–Trinajstić information content (AvgIpc) is 2.67. The number of aliphatic hydroxyl groups is 1. The molecule has 3 unspecified atom stereocenters. The van der Waals surface area contributed by atoms with E-state index < -0.39 is 5.97 Å². The van der Waals surface area contributed by atoms with Crippen LogP contribution in [0.3, 0.4) is 0 Å². The minimum Gasteiger partial charge on any atom is -0.493 e. The van der Waals surface area contributed by atoms with Crippen LogP contribution < -0.4 is 14.2 Å². The number of likely N-dealkylation sites (tertiary alicyclic amines) is 1. The Kier molecular flexibility index (Phi) is 7.74. The number of piperidine rings is 1. The Balaban J connectivity index is 0.000000198. The van der Waals surface area contributed by atoms with Crippen molar-refractivity contribution in [1.29, 1.82) is 0 Å². The van der Waals surface area contributed by atoms with E-state index in [4.69, 9.17) is 19.3 Å². The summed E-state index contributed by atoms with van der Waals surface area (Å²) < 4.78 is 15.1. The Morgan fingerprint density at radius 1 is 1.07 bits per heavy atom. The minimum absolute atomic E-state index is 0.0115. The number of aliphatic hydroxyl groups excluding tert-OH is 1. The van der Waals surface area contributed by atoms with Crippen molar-refractivity contribution < 1.29 is 29.2 Å². The predicted molar refractivity (Wildman–Crippen MR) is 102 cm³/mol. The second-order valence-corrected chi connectivity index (χ2v) is 7.19. The van der Waals surface area contributed by atoms with Crippen LogP contribution in [0.4, 0.5) is 0 Å². The van der Waals surface area contributed by atoms with Gasteiger partial charge in [-0.05, 0) is 56.8 Å². The van der Waals surface area contributed by atoms with Crippen LogP contribution in [-0.4, -0.2) is 68.7 Å². The molecule has 0 bridgehead atoms. The lowest BCUT2D eigenvalue weighted by Gasteiger charge is -2.42. The maximum atomic E-state index is 10.8. The second kappa shape index (κ2) is 9.80. The molecule has 1 aromatic carbocycles. The first kappa shape index (κ1) is 21.3. The van der Waals surface area contributed by atoms with Crippen LogP contribution in [0.15, 0.2) is 12.1 Å². The van der Waals surface area contributed by atoms with E-state index in [0.717, 1.165) is 12.3 Å². The van der Waals surface area contributed by atoms with Crippen LogP contribution in [0.25, 0.3) is 0 Å². The lowest BCUT2D eigenvalue weighted by atomic mass is 9.73. The molecule has 0 amide bonds. The van der Waals surface area contributed by atoms with Crippen LogP contribution in [0.1, 0.15) is 36.0 Å². The van der Waals surface area contributed by atoms with Crippen molar-refractivity contribution >= 4 is 5.97 Å². The Morgan fingerprint density at radius 2 is 1.70 bits per heavy atom. The third-order valence-corrected chi connectivity index (χ3v) is 5.48. The lowest BCUT2D eigenvalue weighted by Crippen LogP contribution is -2.44. The fourth-order valence-corrected chi connectivity index (χ4v) is 4.05. The summed E-state index contributed by atoms with van der Waals surface area (Å²) in [4.78, 5) is 13.2. The van der Waals surface area contributed by atoms with Gasteiger partial charge in [0.2, 0.25) is 5.75 Å². The third-order valence-electron chi connectivity index (χ3n) is 5.48. The van der Waals surface area contributed by atoms with E-state index in [1.54, 1.807) is 0 Å². The highest BCUT2D eigenvalue weighted by molar-refractivity contribution is 5.89. The standard InChI is InChI=1S/C10H19NO.C10H12O5/c1-11-6-5-9-8(7-11)3-2-4-10(9)12;1-13-7-4-6(10(11)12)5-8(14-2)9(7)15-3/h8-10,12H,2-7H2,1H3;4-5H,1-3H3,(H,11,12). The maximum Gasteiger partial charge on any atom is 0.335 e.